The third kappa shape index (κ3) is 5.45. The molecule has 2 aromatic heterocycles. The molecule has 0 fully saturated rings. The van der Waals surface area contributed by atoms with Gasteiger partial charge < -0.3 is 9.84 Å². The van der Waals surface area contributed by atoms with Crippen LogP contribution < -0.4 is 4.74 Å². The Hall–Kier alpha value is -2.27. The molecule has 0 aliphatic carbocycles. The van der Waals surface area contributed by atoms with Crippen LogP contribution in [-0.4, -0.2) is 33.8 Å². The van der Waals surface area contributed by atoms with Crippen molar-refractivity contribution >= 4 is 5.57 Å². The minimum atomic E-state index is 0.168. The first-order valence-electron chi connectivity index (χ1n) is 11.1. The van der Waals surface area contributed by atoms with Gasteiger partial charge in [-0.25, -0.2) is 9.97 Å². The molecule has 2 heterocycles. The van der Waals surface area contributed by atoms with E-state index in [9.17, 15) is 5.11 Å². The Balaban J connectivity index is 2.67. The van der Waals surface area contributed by atoms with E-state index in [2.05, 4.69) is 40.7 Å². The van der Waals surface area contributed by atoms with Crippen LogP contribution in [0.15, 0.2) is 18.2 Å². The maximum absolute atomic E-state index is 9.82. The number of aliphatic hydroxyl groups excluding tert-OH is 1. The molecule has 0 amide bonds. The highest BCUT2D eigenvalue weighted by Gasteiger charge is 2.21. The zero-order valence-electron chi connectivity index (χ0n) is 19.6. The zero-order valence-corrected chi connectivity index (χ0v) is 19.6. The lowest BCUT2D eigenvalue weighted by molar-refractivity contribution is 0.216. The molecule has 1 atom stereocenters. The van der Waals surface area contributed by atoms with E-state index in [0.29, 0.717) is 11.8 Å². The second-order valence-electron chi connectivity index (χ2n) is 8.13. The predicted octanol–water partition coefficient (Wildman–Crippen LogP) is 5.61. The minimum Gasteiger partial charge on any atom is -0.480 e. The first-order chi connectivity index (χ1) is 14.4. The van der Waals surface area contributed by atoms with Gasteiger partial charge in [-0.1, -0.05) is 40.2 Å². The van der Waals surface area contributed by atoms with Gasteiger partial charge in [0.05, 0.1) is 35.4 Å². The van der Waals surface area contributed by atoms with E-state index in [1.165, 1.54) is 0 Å². The minimum absolute atomic E-state index is 0.168. The molecule has 5 heteroatoms. The summed E-state index contributed by atoms with van der Waals surface area (Å²) >= 11 is 0. The number of ether oxygens (including phenoxy) is 1. The third-order valence-corrected chi connectivity index (χ3v) is 5.54. The van der Waals surface area contributed by atoms with Crippen LogP contribution in [0.5, 0.6) is 5.88 Å². The Labute approximate surface area is 181 Å². The summed E-state index contributed by atoms with van der Waals surface area (Å²) in [6.45, 7) is 12.7. The van der Waals surface area contributed by atoms with Crippen LogP contribution >= 0.6 is 0 Å². The predicted molar refractivity (Wildman–Crippen MR) is 124 cm³/mol. The monoisotopic (exact) mass is 411 g/mol. The molecule has 0 radical (unpaired) electrons. The molecule has 30 heavy (non-hydrogen) atoms. The number of pyridine rings is 1. The van der Waals surface area contributed by atoms with Gasteiger partial charge in [-0.15, -0.1) is 0 Å². The number of aryl methyl sites for hydroxylation is 1. The van der Waals surface area contributed by atoms with Crippen molar-refractivity contribution in [1.29, 1.82) is 0 Å². The molecule has 2 aromatic rings. The van der Waals surface area contributed by atoms with Crippen LogP contribution in [0.1, 0.15) is 83.1 Å². The largest absolute Gasteiger partial charge is 0.480 e. The average Bonchev–Trinajstić information content (AvgIpc) is 2.77. The lowest BCUT2D eigenvalue weighted by Crippen LogP contribution is -2.15. The van der Waals surface area contributed by atoms with Crippen molar-refractivity contribution in [2.24, 2.45) is 5.92 Å². The van der Waals surface area contributed by atoms with E-state index in [4.69, 9.17) is 19.7 Å². The Morgan fingerprint density at radius 1 is 1.13 bits per heavy atom. The molecule has 1 N–H and O–H groups in total. The van der Waals surface area contributed by atoms with Crippen molar-refractivity contribution in [3.05, 3.63) is 41.0 Å². The van der Waals surface area contributed by atoms with E-state index in [-0.39, 0.29) is 12.5 Å². The number of hydrogen-bond donors (Lipinski definition) is 1. The highest BCUT2D eigenvalue weighted by atomic mass is 16.5. The van der Waals surface area contributed by atoms with Gasteiger partial charge in [0.2, 0.25) is 5.88 Å². The molecule has 0 bridgehead atoms. The number of rotatable bonds is 10. The molecular formula is C25H37N3O2. The maximum atomic E-state index is 9.82. The SMILES string of the molecule is C/C=C(/C)c1nc(-c2ccc(C(C)C)nc2OC)c(CC)nc1C[C@@H](CO)CCC. The van der Waals surface area contributed by atoms with E-state index >= 15 is 0 Å². The first-order valence-corrected chi connectivity index (χ1v) is 11.1. The molecule has 0 spiro atoms. The summed E-state index contributed by atoms with van der Waals surface area (Å²) in [5.74, 6) is 1.10. The van der Waals surface area contributed by atoms with Gasteiger partial charge in [0.1, 0.15) is 0 Å². The van der Waals surface area contributed by atoms with Gasteiger partial charge in [-0.05, 0) is 62.7 Å². The molecular weight excluding hydrogens is 374 g/mol. The van der Waals surface area contributed by atoms with Crippen LogP contribution in [0.25, 0.3) is 16.8 Å². The fourth-order valence-corrected chi connectivity index (χ4v) is 3.62. The Bertz CT molecular complexity index is 875. The summed E-state index contributed by atoms with van der Waals surface area (Å²) in [6.07, 6.45) is 5.57. The number of hydrogen-bond acceptors (Lipinski definition) is 5. The lowest BCUT2D eigenvalue weighted by atomic mass is 9.95. The number of allylic oxidation sites excluding steroid dienone is 2. The van der Waals surface area contributed by atoms with Crippen LogP contribution in [0.4, 0.5) is 0 Å². The van der Waals surface area contributed by atoms with Crippen LogP contribution in [0.2, 0.25) is 0 Å². The fraction of sp³-hybridized carbons (Fsp3) is 0.560. The number of nitrogens with zero attached hydrogens (tertiary/aromatic N) is 3. The molecule has 0 saturated carbocycles. The van der Waals surface area contributed by atoms with Crippen molar-refractivity contribution in [2.45, 2.75) is 73.1 Å². The lowest BCUT2D eigenvalue weighted by Gasteiger charge is -2.19. The second-order valence-corrected chi connectivity index (χ2v) is 8.13. The summed E-state index contributed by atoms with van der Waals surface area (Å²) in [5.41, 5.74) is 6.57. The van der Waals surface area contributed by atoms with Crippen molar-refractivity contribution in [3.8, 4) is 17.1 Å². The smallest absolute Gasteiger partial charge is 0.222 e. The molecule has 164 valence electrons. The van der Waals surface area contributed by atoms with Crippen LogP contribution in [0, 0.1) is 5.92 Å². The Kier molecular flexibility index (Phi) is 8.97. The van der Waals surface area contributed by atoms with E-state index in [1.54, 1.807) is 7.11 Å². The molecule has 2 rings (SSSR count). The second kappa shape index (κ2) is 11.2. The maximum Gasteiger partial charge on any atom is 0.222 e. The van der Waals surface area contributed by atoms with Crippen LogP contribution in [0.3, 0.4) is 0 Å². The molecule has 0 aromatic carbocycles. The summed E-state index contributed by atoms with van der Waals surface area (Å²) in [7, 11) is 1.65. The highest BCUT2D eigenvalue weighted by Crippen LogP contribution is 2.33. The molecule has 0 aliphatic heterocycles. The van der Waals surface area contributed by atoms with E-state index in [1.807, 2.05) is 19.1 Å². The number of methoxy groups -OCH3 is 1. The number of aliphatic hydroxyl groups is 1. The average molecular weight is 412 g/mol. The summed E-state index contributed by atoms with van der Waals surface area (Å²) < 4.78 is 5.63. The molecule has 0 saturated heterocycles. The molecule has 5 nitrogen and oxygen atoms in total. The Morgan fingerprint density at radius 2 is 1.87 bits per heavy atom. The van der Waals surface area contributed by atoms with Crippen molar-refractivity contribution in [1.82, 2.24) is 15.0 Å². The van der Waals surface area contributed by atoms with Gasteiger partial charge in [-0.2, -0.15) is 0 Å². The normalized spacial score (nSPS) is 13.0. The Morgan fingerprint density at radius 3 is 2.40 bits per heavy atom. The van der Waals surface area contributed by atoms with Gasteiger partial charge >= 0.3 is 0 Å². The fourth-order valence-electron chi connectivity index (χ4n) is 3.62. The highest BCUT2D eigenvalue weighted by molar-refractivity contribution is 5.71. The standard InChI is InChI=1S/C25H37N3O2/c1-8-11-18(15-29)14-22-23(17(6)9-2)28-24(20(10-3)26-22)19-12-13-21(16(4)5)27-25(19)30-7/h9,12-13,16,18,29H,8,10-11,14-15H2,1-7H3/b17-9-/t18-/m0/s1. The molecule has 0 aliphatic rings. The van der Waals surface area contributed by atoms with Crippen LogP contribution in [-0.2, 0) is 12.8 Å². The summed E-state index contributed by atoms with van der Waals surface area (Å²) in [6, 6.07) is 4.09. The van der Waals surface area contributed by atoms with E-state index in [0.717, 1.165) is 65.3 Å². The van der Waals surface area contributed by atoms with Gasteiger partial charge in [0, 0.05) is 12.3 Å². The van der Waals surface area contributed by atoms with Crippen molar-refractivity contribution < 1.29 is 9.84 Å². The number of aromatic nitrogens is 3. The van der Waals surface area contributed by atoms with Crippen molar-refractivity contribution in [3.63, 3.8) is 0 Å². The quantitative estimate of drug-likeness (QED) is 0.550. The van der Waals surface area contributed by atoms with E-state index < -0.39 is 0 Å². The third-order valence-electron chi connectivity index (χ3n) is 5.54. The first kappa shape index (κ1) is 24.0. The summed E-state index contributed by atoms with van der Waals surface area (Å²) in [5, 5.41) is 9.82. The van der Waals surface area contributed by atoms with Gasteiger partial charge in [-0.3, -0.25) is 4.98 Å². The van der Waals surface area contributed by atoms with Gasteiger partial charge in [0.25, 0.3) is 0 Å². The van der Waals surface area contributed by atoms with Crippen molar-refractivity contribution in [2.75, 3.05) is 13.7 Å². The molecule has 0 unspecified atom stereocenters. The summed E-state index contributed by atoms with van der Waals surface area (Å²) in [4.78, 5) is 14.8. The van der Waals surface area contributed by atoms with Gasteiger partial charge in [0.15, 0.2) is 0 Å². The zero-order chi connectivity index (χ0) is 22.3. The topological polar surface area (TPSA) is 68.1 Å².